The Morgan fingerprint density at radius 3 is 2.71 bits per heavy atom. The van der Waals surface area contributed by atoms with E-state index in [9.17, 15) is 0 Å². The van der Waals surface area contributed by atoms with Crippen molar-refractivity contribution in [3.8, 4) is 11.4 Å². The summed E-state index contributed by atoms with van der Waals surface area (Å²) in [6.07, 6.45) is 3.76. The first-order valence-electron chi connectivity index (χ1n) is 5.47. The Labute approximate surface area is 98.7 Å². The molecule has 0 aliphatic rings. The summed E-state index contributed by atoms with van der Waals surface area (Å²) in [6.45, 7) is 4.03. The van der Waals surface area contributed by atoms with E-state index in [4.69, 9.17) is 0 Å². The molecule has 0 N–H and O–H groups in total. The van der Waals surface area contributed by atoms with Crippen molar-refractivity contribution >= 4 is 5.78 Å². The molecule has 0 saturated heterocycles. The van der Waals surface area contributed by atoms with Crippen LogP contribution in [0.4, 0.5) is 0 Å². The van der Waals surface area contributed by atoms with E-state index in [2.05, 4.69) is 22.0 Å². The van der Waals surface area contributed by atoms with Crippen LogP contribution in [0.1, 0.15) is 11.4 Å². The molecular weight excluding hydrogens is 214 g/mol. The highest BCUT2D eigenvalue weighted by molar-refractivity contribution is 5.57. The van der Waals surface area contributed by atoms with E-state index < -0.39 is 0 Å². The van der Waals surface area contributed by atoms with Crippen molar-refractivity contribution < 1.29 is 0 Å². The first-order valence-corrected chi connectivity index (χ1v) is 5.47. The number of hydrogen-bond acceptors (Lipinski definition) is 3. The topological polar surface area (TPSA) is 48.0 Å². The quantitative estimate of drug-likeness (QED) is 0.636. The van der Waals surface area contributed by atoms with Gasteiger partial charge in [0.05, 0.1) is 5.69 Å². The van der Waals surface area contributed by atoms with Crippen LogP contribution in [0.15, 0.2) is 24.5 Å². The third kappa shape index (κ3) is 1.51. The van der Waals surface area contributed by atoms with E-state index in [1.54, 1.807) is 6.20 Å². The van der Waals surface area contributed by atoms with Gasteiger partial charge in [0.2, 0.25) is 5.78 Å². The molecule has 17 heavy (non-hydrogen) atoms. The number of rotatable bonds is 1. The van der Waals surface area contributed by atoms with Crippen LogP contribution in [0.3, 0.4) is 0 Å². The van der Waals surface area contributed by atoms with Crippen LogP contribution in [-0.2, 0) is 7.05 Å². The Morgan fingerprint density at radius 2 is 2.00 bits per heavy atom. The molecule has 5 heteroatoms. The Bertz CT molecular complexity index is 692. The maximum atomic E-state index is 4.53. The van der Waals surface area contributed by atoms with Gasteiger partial charge < -0.3 is 0 Å². The van der Waals surface area contributed by atoms with Crippen molar-refractivity contribution in [3.05, 3.63) is 35.9 Å². The fourth-order valence-corrected chi connectivity index (χ4v) is 2.02. The smallest absolute Gasteiger partial charge is 0.234 e. The minimum Gasteiger partial charge on any atom is -0.288 e. The van der Waals surface area contributed by atoms with E-state index >= 15 is 0 Å². The van der Waals surface area contributed by atoms with Crippen molar-refractivity contribution in [1.82, 2.24) is 24.1 Å². The number of imidazole rings is 1. The van der Waals surface area contributed by atoms with E-state index in [1.807, 2.05) is 41.4 Å². The molecule has 0 fully saturated rings. The van der Waals surface area contributed by atoms with Crippen LogP contribution in [0.2, 0.25) is 0 Å². The first kappa shape index (κ1) is 10.0. The summed E-state index contributed by atoms with van der Waals surface area (Å²) in [7, 11) is 1.91. The van der Waals surface area contributed by atoms with Gasteiger partial charge in [-0.15, -0.1) is 0 Å². The molecule has 0 saturated carbocycles. The summed E-state index contributed by atoms with van der Waals surface area (Å²) in [5.41, 5.74) is 4.00. The zero-order valence-corrected chi connectivity index (χ0v) is 10.0. The Morgan fingerprint density at radius 1 is 1.18 bits per heavy atom. The lowest BCUT2D eigenvalue weighted by Crippen LogP contribution is -1.94. The van der Waals surface area contributed by atoms with E-state index in [-0.39, 0.29) is 0 Å². The molecule has 3 heterocycles. The van der Waals surface area contributed by atoms with Crippen LogP contribution >= 0.6 is 0 Å². The first-order chi connectivity index (χ1) is 8.15. The Kier molecular flexibility index (Phi) is 2.01. The molecule has 0 atom stereocenters. The standard InChI is InChI=1S/C12H13N5/c1-8-6-9(2)17-7-10(15-12(17)14-8)11-4-5-13-16(11)3/h4-7H,1-3H3. The average Bonchev–Trinajstić information content (AvgIpc) is 2.83. The summed E-state index contributed by atoms with van der Waals surface area (Å²) in [6, 6.07) is 3.99. The van der Waals surface area contributed by atoms with Crippen LogP contribution < -0.4 is 0 Å². The van der Waals surface area contributed by atoms with Crippen LogP contribution in [-0.4, -0.2) is 24.1 Å². The molecule has 86 valence electrons. The normalized spacial score (nSPS) is 11.2. The monoisotopic (exact) mass is 227 g/mol. The highest BCUT2D eigenvalue weighted by Gasteiger charge is 2.09. The second kappa shape index (κ2) is 3.41. The molecule has 0 aliphatic heterocycles. The van der Waals surface area contributed by atoms with Gasteiger partial charge in [0.1, 0.15) is 5.69 Å². The second-order valence-electron chi connectivity index (χ2n) is 4.18. The van der Waals surface area contributed by atoms with Crippen LogP contribution in [0.25, 0.3) is 17.2 Å². The summed E-state index contributed by atoms with van der Waals surface area (Å²) < 4.78 is 3.80. The highest BCUT2D eigenvalue weighted by atomic mass is 15.3. The summed E-state index contributed by atoms with van der Waals surface area (Å²) >= 11 is 0. The SMILES string of the molecule is Cc1cc(C)n2cc(-c3ccnn3C)nc2n1. The van der Waals surface area contributed by atoms with Gasteiger partial charge in [-0.05, 0) is 26.0 Å². The fraction of sp³-hybridized carbons (Fsp3) is 0.250. The predicted molar refractivity (Wildman–Crippen MR) is 64.7 cm³/mol. The number of aromatic nitrogens is 5. The van der Waals surface area contributed by atoms with Crippen molar-refractivity contribution in [3.63, 3.8) is 0 Å². The van der Waals surface area contributed by atoms with Crippen molar-refractivity contribution in [2.75, 3.05) is 0 Å². The maximum absolute atomic E-state index is 4.53. The largest absolute Gasteiger partial charge is 0.288 e. The molecule has 0 unspecified atom stereocenters. The molecule has 0 radical (unpaired) electrons. The second-order valence-corrected chi connectivity index (χ2v) is 4.18. The van der Waals surface area contributed by atoms with Gasteiger partial charge >= 0.3 is 0 Å². The zero-order chi connectivity index (χ0) is 12.0. The summed E-state index contributed by atoms with van der Waals surface area (Å²) in [5.74, 6) is 0.735. The molecule has 0 aromatic carbocycles. The van der Waals surface area contributed by atoms with Crippen LogP contribution in [0, 0.1) is 13.8 Å². The number of nitrogens with zero attached hydrogens (tertiary/aromatic N) is 5. The van der Waals surface area contributed by atoms with E-state index in [1.165, 1.54) is 0 Å². The Hall–Kier alpha value is -2.17. The van der Waals surface area contributed by atoms with Gasteiger partial charge in [0, 0.05) is 30.8 Å². The molecule has 3 aromatic rings. The van der Waals surface area contributed by atoms with Crippen molar-refractivity contribution in [2.24, 2.45) is 7.05 Å². The number of aryl methyl sites for hydroxylation is 3. The van der Waals surface area contributed by atoms with Gasteiger partial charge in [-0.1, -0.05) is 0 Å². The molecule has 0 aliphatic carbocycles. The van der Waals surface area contributed by atoms with E-state index in [0.717, 1.165) is 28.6 Å². The molecular formula is C12H13N5. The third-order valence-electron chi connectivity index (χ3n) is 2.84. The summed E-state index contributed by atoms with van der Waals surface area (Å²) in [5, 5.41) is 4.15. The lowest BCUT2D eigenvalue weighted by molar-refractivity contribution is 0.774. The lowest BCUT2D eigenvalue weighted by atomic mass is 10.3. The van der Waals surface area contributed by atoms with Gasteiger partial charge in [-0.25, -0.2) is 9.97 Å². The average molecular weight is 227 g/mol. The van der Waals surface area contributed by atoms with Crippen molar-refractivity contribution in [2.45, 2.75) is 13.8 Å². The van der Waals surface area contributed by atoms with Gasteiger partial charge in [0.25, 0.3) is 0 Å². The highest BCUT2D eigenvalue weighted by Crippen LogP contribution is 2.18. The van der Waals surface area contributed by atoms with Gasteiger partial charge in [-0.3, -0.25) is 9.08 Å². The molecule has 3 aromatic heterocycles. The zero-order valence-electron chi connectivity index (χ0n) is 10.0. The number of hydrogen-bond donors (Lipinski definition) is 0. The molecule has 0 bridgehead atoms. The summed E-state index contributed by atoms with van der Waals surface area (Å²) in [4.78, 5) is 8.95. The van der Waals surface area contributed by atoms with Gasteiger partial charge in [0.15, 0.2) is 0 Å². The van der Waals surface area contributed by atoms with Gasteiger partial charge in [-0.2, -0.15) is 5.10 Å². The van der Waals surface area contributed by atoms with Crippen LogP contribution in [0.5, 0.6) is 0 Å². The molecule has 0 amide bonds. The maximum Gasteiger partial charge on any atom is 0.234 e. The van der Waals surface area contributed by atoms with E-state index in [0.29, 0.717) is 0 Å². The minimum absolute atomic E-state index is 0.735. The molecule has 0 spiro atoms. The molecule has 3 rings (SSSR count). The lowest BCUT2D eigenvalue weighted by Gasteiger charge is -1.98. The fourth-order valence-electron chi connectivity index (χ4n) is 2.02. The predicted octanol–water partition coefficient (Wildman–Crippen LogP) is 1.75. The third-order valence-corrected chi connectivity index (χ3v) is 2.84. The number of fused-ring (bicyclic) bond motifs is 1. The minimum atomic E-state index is 0.735. The van der Waals surface area contributed by atoms with Crippen molar-refractivity contribution in [1.29, 1.82) is 0 Å². The Balaban J connectivity index is 2.27. The molecule has 5 nitrogen and oxygen atoms in total.